The number of benzene rings is 3. The maximum absolute atomic E-state index is 14.3. The van der Waals surface area contributed by atoms with Crippen LogP contribution in [-0.4, -0.2) is 21.7 Å². The smallest absolute Gasteiger partial charge is 0.338 e. The zero-order valence-corrected chi connectivity index (χ0v) is 26.0. The van der Waals surface area contributed by atoms with E-state index in [0.717, 1.165) is 32.5 Å². The number of aromatic nitrogens is 2. The topological polar surface area (TPSA) is 65.6 Å². The van der Waals surface area contributed by atoms with E-state index in [1.807, 2.05) is 84.3 Å². The first kappa shape index (κ1) is 28.3. The summed E-state index contributed by atoms with van der Waals surface area (Å²) in [6, 6.07) is 28.8. The van der Waals surface area contributed by atoms with Gasteiger partial charge in [0, 0.05) is 44.7 Å². The molecule has 1 aliphatic rings. The van der Waals surface area contributed by atoms with Crippen LogP contribution in [-0.2, 0) is 16.1 Å². The van der Waals surface area contributed by atoms with Gasteiger partial charge in [-0.05, 0) is 48.2 Å². The van der Waals surface area contributed by atoms with Gasteiger partial charge in [-0.2, -0.15) is 0 Å². The van der Waals surface area contributed by atoms with E-state index in [9.17, 15) is 9.59 Å². The van der Waals surface area contributed by atoms with Gasteiger partial charge in [-0.25, -0.2) is 9.79 Å². The Kier molecular flexibility index (Phi) is 7.64. The molecule has 0 saturated carbocycles. The van der Waals surface area contributed by atoms with Crippen molar-refractivity contribution in [1.82, 2.24) is 9.13 Å². The van der Waals surface area contributed by atoms with Gasteiger partial charge in [0.25, 0.3) is 5.56 Å². The standard InChI is InChI=1S/C35H26ClN3O3S2/c1-2-42-34(41)30-31(23-11-4-3-5-12-23)37-35-39(32(30)28-16-9-17-43-28)33(40)29(44-35)19-24-21-38(27-15-7-6-14-26(24)27)20-22-10-8-13-25(36)18-22/h3-19,21,32H,2,20H2,1H3/b29-19-/t32-/m1/s1. The van der Waals surface area contributed by atoms with E-state index in [4.69, 9.17) is 21.3 Å². The SMILES string of the molecule is CCOC(=O)C1=C(c2ccccc2)N=c2s/c(=C\c3cn(Cc4cccc(Cl)c4)c4ccccc34)c(=O)n2[C@@H]1c1cccs1. The van der Waals surface area contributed by atoms with Crippen molar-refractivity contribution < 1.29 is 9.53 Å². The Morgan fingerprint density at radius 2 is 1.84 bits per heavy atom. The molecule has 6 aromatic rings. The van der Waals surface area contributed by atoms with Gasteiger partial charge in [0.05, 0.1) is 22.4 Å². The molecule has 1 aliphatic heterocycles. The minimum Gasteiger partial charge on any atom is -0.463 e. The van der Waals surface area contributed by atoms with Crippen LogP contribution in [0.3, 0.4) is 0 Å². The summed E-state index contributed by atoms with van der Waals surface area (Å²) >= 11 is 9.09. The second-order valence-electron chi connectivity index (χ2n) is 10.3. The fraction of sp³-hybridized carbons (Fsp3) is 0.114. The lowest BCUT2D eigenvalue weighted by Crippen LogP contribution is -2.39. The summed E-state index contributed by atoms with van der Waals surface area (Å²) in [4.78, 5) is 34.2. The number of hydrogen-bond donors (Lipinski definition) is 0. The van der Waals surface area contributed by atoms with Crippen LogP contribution >= 0.6 is 34.3 Å². The first-order chi connectivity index (χ1) is 21.5. The van der Waals surface area contributed by atoms with Gasteiger partial charge in [-0.1, -0.05) is 89.7 Å². The first-order valence-corrected chi connectivity index (χ1v) is 16.2. The molecule has 0 spiro atoms. The highest BCUT2D eigenvalue weighted by Gasteiger charge is 2.35. The van der Waals surface area contributed by atoms with E-state index >= 15 is 0 Å². The Bertz CT molecular complexity index is 2230. The maximum atomic E-state index is 14.3. The van der Waals surface area contributed by atoms with Crippen molar-refractivity contribution in [2.45, 2.75) is 19.5 Å². The lowest BCUT2D eigenvalue weighted by molar-refractivity contribution is -0.138. The average Bonchev–Trinajstić information content (AvgIpc) is 3.76. The Balaban J connectivity index is 1.43. The number of halogens is 1. The van der Waals surface area contributed by atoms with E-state index in [1.54, 1.807) is 11.5 Å². The zero-order chi connectivity index (χ0) is 30.2. The summed E-state index contributed by atoms with van der Waals surface area (Å²) in [5.74, 6) is -0.480. The zero-order valence-electron chi connectivity index (χ0n) is 23.6. The molecule has 9 heteroatoms. The number of carbonyl (C=O) groups is 1. The summed E-state index contributed by atoms with van der Waals surface area (Å²) in [7, 11) is 0. The Labute approximate surface area is 266 Å². The molecular formula is C35H26ClN3O3S2. The third-order valence-corrected chi connectivity index (χ3v) is 9.68. The molecule has 0 saturated heterocycles. The number of para-hydroxylation sites is 1. The second-order valence-corrected chi connectivity index (χ2v) is 12.7. The van der Waals surface area contributed by atoms with Gasteiger partial charge in [0.1, 0.15) is 6.04 Å². The van der Waals surface area contributed by atoms with Crippen molar-refractivity contribution >= 4 is 62.9 Å². The highest BCUT2D eigenvalue weighted by Crippen LogP contribution is 2.37. The van der Waals surface area contributed by atoms with E-state index in [1.165, 1.54) is 22.7 Å². The van der Waals surface area contributed by atoms with Crippen molar-refractivity contribution in [3.05, 3.63) is 154 Å². The van der Waals surface area contributed by atoms with Gasteiger partial charge in [0.15, 0.2) is 4.80 Å². The van der Waals surface area contributed by atoms with Crippen LogP contribution in [0, 0.1) is 0 Å². The highest BCUT2D eigenvalue weighted by molar-refractivity contribution is 7.10. The molecule has 0 bridgehead atoms. The van der Waals surface area contributed by atoms with Crippen molar-refractivity contribution in [3.8, 4) is 0 Å². The summed E-state index contributed by atoms with van der Waals surface area (Å²) in [6.45, 7) is 2.63. The minimum atomic E-state index is -0.660. The molecule has 0 unspecified atom stereocenters. The molecule has 0 amide bonds. The maximum Gasteiger partial charge on any atom is 0.338 e. The molecule has 0 aliphatic carbocycles. The molecule has 0 N–H and O–H groups in total. The monoisotopic (exact) mass is 635 g/mol. The number of nitrogens with zero attached hydrogens (tertiary/aromatic N) is 3. The minimum absolute atomic E-state index is 0.201. The average molecular weight is 636 g/mol. The Hall–Kier alpha value is -4.50. The van der Waals surface area contributed by atoms with Crippen molar-refractivity contribution in [1.29, 1.82) is 0 Å². The molecule has 6 nitrogen and oxygen atoms in total. The number of rotatable bonds is 7. The van der Waals surface area contributed by atoms with Gasteiger partial charge >= 0.3 is 5.97 Å². The Morgan fingerprint density at radius 3 is 2.61 bits per heavy atom. The lowest BCUT2D eigenvalue weighted by Gasteiger charge is -2.24. The van der Waals surface area contributed by atoms with Crippen LogP contribution in [0.4, 0.5) is 0 Å². The van der Waals surface area contributed by atoms with E-state index in [2.05, 4.69) is 29.0 Å². The van der Waals surface area contributed by atoms with Crippen LogP contribution in [0.5, 0.6) is 0 Å². The van der Waals surface area contributed by atoms with Crippen LogP contribution in [0.15, 0.2) is 118 Å². The van der Waals surface area contributed by atoms with Gasteiger partial charge in [-0.15, -0.1) is 11.3 Å². The number of thiazole rings is 1. The van der Waals surface area contributed by atoms with Crippen molar-refractivity contribution in [2.24, 2.45) is 4.99 Å². The predicted octanol–water partition coefficient (Wildman–Crippen LogP) is 6.65. The fourth-order valence-electron chi connectivity index (χ4n) is 5.65. The van der Waals surface area contributed by atoms with Gasteiger partial charge < -0.3 is 9.30 Å². The summed E-state index contributed by atoms with van der Waals surface area (Å²) < 4.78 is 9.89. The largest absolute Gasteiger partial charge is 0.463 e. The van der Waals surface area contributed by atoms with Crippen LogP contribution in [0.1, 0.15) is 34.5 Å². The normalized spacial score (nSPS) is 15.0. The molecule has 3 aromatic carbocycles. The van der Waals surface area contributed by atoms with E-state index in [0.29, 0.717) is 32.2 Å². The molecule has 0 fully saturated rings. The second kappa shape index (κ2) is 11.9. The van der Waals surface area contributed by atoms with Crippen molar-refractivity contribution in [2.75, 3.05) is 6.61 Å². The molecule has 1 atom stereocenters. The molecule has 44 heavy (non-hydrogen) atoms. The van der Waals surface area contributed by atoms with Gasteiger partial charge in [0.2, 0.25) is 0 Å². The fourth-order valence-corrected chi connectivity index (χ4v) is 7.68. The molecule has 3 aromatic heterocycles. The Morgan fingerprint density at radius 1 is 1.02 bits per heavy atom. The summed E-state index contributed by atoms with van der Waals surface area (Å²) in [5, 5.41) is 3.68. The predicted molar refractivity (Wildman–Crippen MR) is 178 cm³/mol. The van der Waals surface area contributed by atoms with Crippen LogP contribution < -0.4 is 14.9 Å². The number of thiophene rings is 1. The number of carbonyl (C=O) groups excluding carboxylic acids is 1. The molecule has 4 heterocycles. The molecular weight excluding hydrogens is 610 g/mol. The number of fused-ring (bicyclic) bond motifs is 2. The van der Waals surface area contributed by atoms with Crippen LogP contribution in [0.2, 0.25) is 5.02 Å². The quantitative estimate of drug-likeness (QED) is 0.185. The third kappa shape index (κ3) is 5.15. The lowest BCUT2D eigenvalue weighted by atomic mass is 9.97. The third-order valence-electron chi connectivity index (χ3n) is 7.53. The summed E-state index contributed by atoms with van der Waals surface area (Å²) in [6.07, 6.45) is 4.00. The number of esters is 1. The highest BCUT2D eigenvalue weighted by atomic mass is 35.5. The molecule has 0 radical (unpaired) electrons. The number of hydrogen-bond acceptors (Lipinski definition) is 6. The van der Waals surface area contributed by atoms with Gasteiger partial charge in [-0.3, -0.25) is 9.36 Å². The number of ether oxygens (including phenoxy) is 1. The summed E-state index contributed by atoms with van der Waals surface area (Å²) in [5.41, 5.74) is 4.53. The first-order valence-electron chi connectivity index (χ1n) is 14.2. The van der Waals surface area contributed by atoms with E-state index < -0.39 is 12.0 Å². The van der Waals surface area contributed by atoms with Crippen molar-refractivity contribution in [3.63, 3.8) is 0 Å². The molecule has 218 valence electrons. The van der Waals surface area contributed by atoms with E-state index in [-0.39, 0.29) is 12.2 Å². The van der Waals surface area contributed by atoms with Crippen LogP contribution in [0.25, 0.3) is 22.7 Å². The molecule has 7 rings (SSSR count).